The molecule has 2 nitrogen and oxygen atoms in total. The van der Waals surface area contributed by atoms with E-state index in [0.29, 0.717) is 12.0 Å². The molecule has 94 valence electrons. The topological polar surface area (TPSA) is 33.1 Å². The SMILES string of the molecule is CCc1ccc(CC(O)c2cccc(F)c2)nc1. The van der Waals surface area contributed by atoms with Crippen LogP contribution in [0.15, 0.2) is 42.6 Å². The Morgan fingerprint density at radius 1 is 1.28 bits per heavy atom. The molecule has 1 heterocycles. The minimum Gasteiger partial charge on any atom is -0.388 e. The quantitative estimate of drug-likeness (QED) is 0.898. The number of aliphatic hydroxyl groups excluding tert-OH is 1. The Labute approximate surface area is 106 Å². The van der Waals surface area contributed by atoms with Gasteiger partial charge < -0.3 is 5.11 Å². The van der Waals surface area contributed by atoms with Crippen molar-refractivity contribution in [3.05, 3.63) is 65.2 Å². The van der Waals surface area contributed by atoms with Crippen molar-refractivity contribution in [2.45, 2.75) is 25.9 Å². The molecule has 0 saturated carbocycles. The third-order valence-electron chi connectivity index (χ3n) is 2.93. The van der Waals surface area contributed by atoms with Crippen LogP contribution in [0.25, 0.3) is 0 Å². The van der Waals surface area contributed by atoms with E-state index in [2.05, 4.69) is 11.9 Å². The maximum atomic E-state index is 13.0. The van der Waals surface area contributed by atoms with E-state index in [4.69, 9.17) is 0 Å². The molecule has 2 rings (SSSR count). The molecule has 3 heteroatoms. The summed E-state index contributed by atoms with van der Waals surface area (Å²) in [6.45, 7) is 2.07. The lowest BCUT2D eigenvalue weighted by molar-refractivity contribution is 0.177. The summed E-state index contributed by atoms with van der Waals surface area (Å²) in [4.78, 5) is 4.28. The van der Waals surface area contributed by atoms with E-state index in [9.17, 15) is 9.50 Å². The minimum atomic E-state index is -0.722. The molecule has 0 spiro atoms. The van der Waals surface area contributed by atoms with Crippen LogP contribution in [-0.4, -0.2) is 10.1 Å². The van der Waals surface area contributed by atoms with Crippen LogP contribution in [-0.2, 0) is 12.8 Å². The summed E-state index contributed by atoms with van der Waals surface area (Å²) >= 11 is 0. The lowest BCUT2D eigenvalue weighted by Crippen LogP contribution is -2.04. The molecule has 18 heavy (non-hydrogen) atoms. The Morgan fingerprint density at radius 3 is 2.72 bits per heavy atom. The van der Waals surface area contributed by atoms with E-state index >= 15 is 0 Å². The second-order valence-electron chi connectivity index (χ2n) is 4.29. The van der Waals surface area contributed by atoms with Crippen LogP contribution in [0.1, 0.15) is 29.8 Å². The molecule has 1 N–H and O–H groups in total. The number of aryl methyl sites for hydroxylation is 1. The van der Waals surface area contributed by atoms with Gasteiger partial charge >= 0.3 is 0 Å². The standard InChI is InChI=1S/C15H16FNO/c1-2-11-6-7-14(17-10-11)9-15(18)12-4-3-5-13(16)8-12/h3-8,10,15,18H,2,9H2,1H3. The Hall–Kier alpha value is -1.74. The average molecular weight is 245 g/mol. The summed E-state index contributed by atoms with van der Waals surface area (Å²) in [6, 6.07) is 9.94. The molecule has 1 aromatic heterocycles. The van der Waals surface area contributed by atoms with Gasteiger partial charge in [0.15, 0.2) is 0 Å². The van der Waals surface area contributed by atoms with Crippen molar-refractivity contribution in [2.24, 2.45) is 0 Å². The molecule has 0 amide bonds. The van der Waals surface area contributed by atoms with Gasteiger partial charge in [-0.25, -0.2) is 4.39 Å². The number of aromatic nitrogens is 1. The summed E-state index contributed by atoms with van der Waals surface area (Å²) < 4.78 is 13.0. The largest absolute Gasteiger partial charge is 0.388 e. The van der Waals surface area contributed by atoms with E-state index in [1.165, 1.54) is 17.7 Å². The van der Waals surface area contributed by atoms with E-state index in [1.807, 2.05) is 18.3 Å². The first-order valence-corrected chi connectivity index (χ1v) is 6.06. The summed E-state index contributed by atoms with van der Waals surface area (Å²) in [5.74, 6) is -0.333. The van der Waals surface area contributed by atoms with Crippen LogP contribution in [0.5, 0.6) is 0 Å². The fraction of sp³-hybridized carbons (Fsp3) is 0.267. The number of halogens is 1. The van der Waals surface area contributed by atoms with Crippen molar-refractivity contribution in [2.75, 3.05) is 0 Å². The molecule has 0 radical (unpaired) electrons. The van der Waals surface area contributed by atoms with E-state index in [-0.39, 0.29) is 5.82 Å². The van der Waals surface area contributed by atoms with Crippen molar-refractivity contribution < 1.29 is 9.50 Å². The van der Waals surface area contributed by atoms with Gasteiger partial charge in [0.1, 0.15) is 5.82 Å². The molecule has 0 aliphatic heterocycles. The lowest BCUT2D eigenvalue weighted by Gasteiger charge is -2.10. The fourth-order valence-electron chi connectivity index (χ4n) is 1.81. The molecule has 1 unspecified atom stereocenters. The molecule has 1 aromatic carbocycles. The van der Waals surface area contributed by atoms with E-state index < -0.39 is 6.10 Å². The highest BCUT2D eigenvalue weighted by Crippen LogP contribution is 2.18. The van der Waals surface area contributed by atoms with Crippen LogP contribution in [0, 0.1) is 5.82 Å². The maximum Gasteiger partial charge on any atom is 0.123 e. The molecule has 0 fully saturated rings. The highest BCUT2D eigenvalue weighted by molar-refractivity contribution is 5.21. The zero-order chi connectivity index (χ0) is 13.0. The number of rotatable bonds is 4. The van der Waals surface area contributed by atoms with Gasteiger partial charge in [-0.15, -0.1) is 0 Å². The Bertz CT molecular complexity index is 510. The lowest BCUT2D eigenvalue weighted by atomic mass is 10.0. The molecular weight excluding hydrogens is 229 g/mol. The summed E-state index contributed by atoms with van der Waals surface area (Å²) in [5.41, 5.74) is 2.55. The molecule has 2 aromatic rings. The Balaban J connectivity index is 2.08. The summed E-state index contributed by atoms with van der Waals surface area (Å²) in [6.07, 6.45) is 2.43. The van der Waals surface area contributed by atoms with Gasteiger partial charge in [0.05, 0.1) is 6.10 Å². The van der Waals surface area contributed by atoms with Gasteiger partial charge in [-0.2, -0.15) is 0 Å². The van der Waals surface area contributed by atoms with Crippen LogP contribution in [0.4, 0.5) is 4.39 Å². The highest BCUT2D eigenvalue weighted by atomic mass is 19.1. The fourth-order valence-corrected chi connectivity index (χ4v) is 1.81. The third kappa shape index (κ3) is 3.14. The first kappa shape index (κ1) is 12.7. The van der Waals surface area contributed by atoms with E-state index in [1.54, 1.807) is 12.1 Å². The molecule has 0 saturated heterocycles. The van der Waals surface area contributed by atoms with Crippen LogP contribution in [0.2, 0.25) is 0 Å². The predicted molar refractivity (Wildman–Crippen MR) is 68.7 cm³/mol. The monoisotopic (exact) mass is 245 g/mol. The number of nitrogens with zero attached hydrogens (tertiary/aromatic N) is 1. The normalized spacial score (nSPS) is 12.4. The highest BCUT2D eigenvalue weighted by Gasteiger charge is 2.10. The van der Waals surface area contributed by atoms with Crippen LogP contribution in [0.3, 0.4) is 0 Å². The second-order valence-corrected chi connectivity index (χ2v) is 4.29. The molecule has 0 aliphatic carbocycles. The second kappa shape index (κ2) is 5.74. The number of aliphatic hydroxyl groups is 1. The number of benzene rings is 1. The average Bonchev–Trinajstić information content (AvgIpc) is 2.39. The first-order valence-electron chi connectivity index (χ1n) is 6.06. The van der Waals surface area contributed by atoms with Gasteiger partial charge in [-0.3, -0.25) is 4.98 Å². The zero-order valence-electron chi connectivity index (χ0n) is 10.3. The van der Waals surface area contributed by atoms with Gasteiger partial charge in [-0.05, 0) is 35.7 Å². The van der Waals surface area contributed by atoms with Crippen molar-refractivity contribution in [3.8, 4) is 0 Å². The van der Waals surface area contributed by atoms with Gasteiger partial charge in [0, 0.05) is 18.3 Å². The van der Waals surface area contributed by atoms with Crippen LogP contribution < -0.4 is 0 Å². The number of pyridine rings is 1. The van der Waals surface area contributed by atoms with Crippen LogP contribution >= 0.6 is 0 Å². The molecule has 0 aliphatic rings. The van der Waals surface area contributed by atoms with E-state index in [0.717, 1.165) is 12.1 Å². The van der Waals surface area contributed by atoms with Gasteiger partial charge in [0.2, 0.25) is 0 Å². The van der Waals surface area contributed by atoms with Gasteiger partial charge in [0.25, 0.3) is 0 Å². The Morgan fingerprint density at radius 2 is 2.11 bits per heavy atom. The molecule has 1 atom stereocenters. The minimum absolute atomic E-state index is 0.333. The third-order valence-corrected chi connectivity index (χ3v) is 2.93. The summed E-state index contributed by atoms with van der Waals surface area (Å²) in [7, 11) is 0. The summed E-state index contributed by atoms with van der Waals surface area (Å²) in [5, 5.41) is 10.0. The van der Waals surface area contributed by atoms with Crippen molar-refractivity contribution in [1.82, 2.24) is 4.98 Å². The first-order chi connectivity index (χ1) is 8.69. The molecular formula is C15H16FNO. The Kier molecular flexibility index (Phi) is 4.05. The van der Waals surface area contributed by atoms with Crippen molar-refractivity contribution in [3.63, 3.8) is 0 Å². The number of hydrogen-bond acceptors (Lipinski definition) is 2. The molecule has 0 bridgehead atoms. The maximum absolute atomic E-state index is 13.0. The smallest absolute Gasteiger partial charge is 0.123 e. The van der Waals surface area contributed by atoms with Crippen molar-refractivity contribution >= 4 is 0 Å². The van der Waals surface area contributed by atoms with Gasteiger partial charge in [-0.1, -0.05) is 25.1 Å². The zero-order valence-corrected chi connectivity index (χ0v) is 10.3. The predicted octanol–water partition coefficient (Wildman–Crippen LogP) is 3.06. The van der Waals surface area contributed by atoms with Crippen molar-refractivity contribution in [1.29, 1.82) is 0 Å². The number of hydrogen-bond donors (Lipinski definition) is 1.